The van der Waals surface area contributed by atoms with E-state index in [2.05, 4.69) is 31.1 Å². The monoisotopic (exact) mass is 207 g/mol. The van der Waals surface area contributed by atoms with Crippen molar-refractivity contribution in [1.29, 1.82) is 0 Å². The van der Waals surface area contributed by atoms with Gasteiger partial charge in [-0.1, -0.05) is 13.8 Å². The summed E-state index contributed by atoms with van der Waals surface area (Å²) in [6.07, 6.45) is 5.86. The fraction of sp³-hybridized carbons (Fsp3) is 0.583. The molecule has 0 aromatic carbocycles. The highest BCUT2D eigenvalue weighted by molar-refractivity contribution is 7.99. The van der Waals surface area contributed by atoms with Gasteiger partial charge in [0.25, 0.3) is 0 Å². The second-order valence-electron chi connectivity index (χ2n) is 3.77. The lowest BCUT2D eigenvalue weighted by Crippen LogP contribution is -1.93. The third-order valence-electron chi connectivity index (χ3n) is 2.64. The molecule has 0 amide bonds. The molecule has 0 radical (unpaired) electrons. The van der Waals surface area contributed by atoms with Crippen LogP contribution in [0.4, 0.5) is 0 Å². The lowest BCUT2D eigenvalue weighted by Gasteiger charge is -2.07. The van der Waals surface area contributed by atoms with Gasteiger partial charge >= 0.3 is 0 Å². The SMILES string of the molecule is CCSc1cc(C2CC2)cnc1CC. The minimum Gasteiger partial charge on any atom is -0.260 e. The Bertz CT molecular complexity index is 318. The standard InChI is InChI=1S/C12H17NS/c1-3-11-12(14-4-2)7-10(8-13-11)9-5-6-9/h7-9H,3-6H2,1-2H3. The smallest absolute Gasteiger partial charge is 0.0536 e. The highest BCUT2D eigenvalue weighted by Gasteiger charge is 2.24. The van der Waals surface area contributed by atoms with Crippen molar-refractivity contribution in [2.75, 3.05) is 5.75 Å². The molecule has 1 aromatic rings. The molecule has 1 nitrogen and oxygen atoms in total. The van der Waals surface area contributed by atoms with Crippen LogP contribution in [0.2, 0.25) is 0 Å². The highest BCUT2D eigenvalue weighted by atomic mass is 32.2. The Morgan fingerprint density at radius 2 is 2.21 bits per heavy atom. The number of thioether (sulfide) groups is 1. The van der Waals surface area contributed by atoms with Gasteiger partial charge < -0.3 is 0 Å². The average Bonchev–Trinajstić information content (AvgIpc) is 3.01. The zero-order chi connectivity index (χ0) is 9.97. The minimum atomic E-state index is 0.824. The molecular weight excluding hydrogens is 190 g/mol. The first-order valence-corrected chi connectivity index (χ1v) is 6.45. The maximum atomic E-state index is 4.56. The topological polar surface area (TPSA) is 12.9 Å². The Labute approximate surface area is 90.3 Å². The molecule has 1 aliphatic carbocycles. The molecule has 2 rings (SSSR count). The predicted molar refractivity (Wildman–Crippen MR) is 62.0 cm³/mol. The van der Waals surface area contributed by atoms with Gasteiger partial charge in [-0.05, 0) is 42.6 Å². The van der Waals surface area contributed by atoms with Crippen molar-refractivity contribution in [2.24, 2.45) is 0 Å². The van der Waals surface area contributed by atoms with E-state index in [1.54, 1.807) is 0 Å². The van der Waals surface area contributed by atoms with E-state index in [0.29, 0.717) is 0 Å². The Kier molecular flexibility index (Phi) is 3.12. The summed E-state index contributed by atoms with van der Waals surface area (Å²) in [5.41, 5.74) is 2.72. The van der Waals surface area contributed by atoms with Gasteiger partial charge in [0, 0.05) is 11.1 Å². The van der Waals surface area contributed by atoms with Crippen molar-refractivity contribution in [3.8, 4) is 0 Å². The summed E-state index contributed by atoms with van der Waals surface area (Å²) < 4.78 is 0. The van der Waals surface area contributed by atoms with E-state index >= 15 is 0 Å². The number of pyridine rings is 1. The molecule has 1 heterocycles. The van der Waals surface area contributed by atoms with Gasteiger partial charge in [-0.3, -0.25) is 4.98 Å². The van der Waals surface area contributed by atoms with E-state index in [9.17, 15) is 0 Å². The van der Waals surface area contributed by atoms with Crippen molar-refractivity contribution >= 4 is 11.8 Å². The van der Waals surface area contributed by atoms with Crippen LogP contribution < -0.4 is 0 Å². The first kappa shape index (κ1) is 10.0. The van der Waals surface area contributed by atoms with E-state index in [-0.39, 0.29) is 0 Å². The van der Waals surface area contributed by atoms with Gasteiger partial charge in [-0.25, -0.2) is 0 Å². The van der Waals surface area contributed by atoms with Crippen LogP contribution in [0.25, 0.3) is 0 Å². The number of rotatable bonds is 4. The van der Waals surface area contributed by atoms with Gasteiger partial charge in [0.05, 0.1) is 5.69 Å². The van der Waals surface area contributed by atoms with Gasteiger partial charge in [0.1, 0.15) is 0 Å². The summed E-state index contributed by atoms with van der Waals surface area (Å²) in [6.45, 7) is 4.38. The summed E-state index contributed by atoms with van der Waals surface area (Å²) >= 11 is 1.92. The van der Waals surface area contributed by atoms with Crippen LogP contribution in [-0.4, -0.2) is 10.7 Å². The molecule has 0 spiro atoms. The zero-order valence-corrected chi connectivity index (χ0v) is 9.73. The van der Waals surface area contributed by atoms with Crippen LogP contribution >= 0.6 is 11.8 Å². The fourth-order valence-corrected chi connectivity index (χ4v) is 2.57. The summed E-state index contributed by atoms with van der Waals surface area (Å²) in [7, 11) is 0. The van der Waals surface area contributed by atoms with Gasteiger partial charge in [-0.2, -0.15) is 0 Å². The molecule has 14 heavy (non-hydrogen) atoms. The molecule has 0 aliphatic heterocycles. The Hall–Kier alpha value is -0.500. The highest BCUT2D eigenvalue weighted by Crippen LogP contribution is 2.41. The largest absolute Gasteiger partial charge is 0.260 e. The second-order valence-corrected chi connectivity index (χ2v) is 5.08. The lowest BCUT2D eigenvalue weighted by molar-refractivity contribution is 0.949. The molecule has 0 bridgehead atoms. The van der Waals surface area contributed by atoms with Gasteiger partial charge in [0.2, 0.25) is 0 Å². The molecule has 0 saturated heterocycles. The molecule has 1 aromatic heterocycles. The first-order valence-electron chi connectivity index (χ1n) is 5.46. The summed E-state index contributed by atoms with van der Waals surface area (Å²) in [4.78, 5) is 5.96. The third kappa shape index (κ3) is 2.11. The number of aryl methyl sites for hydroxylation is 1. The number of aromatic nitrogens is 1. The normalized spacial score (nSPS) is 15.9. The molecule has 0 unspecified atom stereocenters. The third-order valence-corrected chi connectivity index (χ3v) is 3.59. The number of hydrogen-bond donors (Lipinski definition) is 0. The molecule has 1 fully saturated rings. The molecule has 2 heteroatoms. The maximum Gasteiger partial charge on any atom is 0.0536 e. The van der Waals surface area contributed by atoms with E-state index in [4.69, 9.17) is 0 Å². The van der Waals surface area contributed by atoms with Crippen molar-refractivity contribution in [3.63, 3.8) is 0 Å². The molecule has 0 N–H and O–H groups in total. The summed E-state index contributed by atoms with van der Waals surface area (Å²) in [6, 6.07) is 2.36. The first-order chi connectivity index (χ1) is 6.85. The van der Waals surface area contributed by atoms with E-state index in [1.165, 1.54) is 29.0 Å². The van der Waals surface area contributed by atoms with Crippen LogP contribution in [0, 0.1) is 0 Å². The van der Waals surface area contributed by atoms with Crippen LogP contribution in [0.1, 0.15) is 43.9 Å². The van der Waals surface area contributed by atoms with Gasteiger partial charge in [-0.15, -0.1) is 11.8 Å². The van der Waals surface area contributed by atoms with Crippen LogP contribution in [-0.2, 0) is 6.42 Å². The van der Waals surface area contributed by atoms with Gasteiger partial charge in [0.15, 0.2) is 0 Å². The molecule has 1 aliphatic rings. The predicted octanol–water partition coefficient (Wildman–Crippen LogP) is 3.63. The van der Waals surface area contributed by atoms with E-state index in [0.717, 1.165) is 18.1 Å². The van der Waals surface area contributed by atoms with Crippen molar-refractivity contribution in [2.45, 2.75) is 43.9 Å². The van der Waals surface area contributed by atoms with E-state index < -0.39 is 0 Å². The van der Waals surface area contributed by atoms with Crippen LogP contribution in [0.5, 0.6) is 0 Å². The quantitative estimate of drug-likeness (QED) is 0.699. The molecule has 1 saturated carbocycles. The molecular formula is C12H17NS. The van der Waals surface area contributed by atoms with E-state index in [1.807, 2.05) is 11.8 Å². The van der Waals surface area contributed by atoms with Crippen molar-refractivity contribution < 1.29 is 0 Å². The van der Waals surface area contributed by atoms with Crippen LogP contribution in [0.3, 0.4) is 0 Å². The lowest BCUT2D eigenvalue weighted by atomic mass is 10.1. The Morgan fingerprint density at radius 3 is 2.79 bits per heavy atom. The van der Waals surface area contributed by atoms with Crippen molar-refractivity contribution in [3.05, 3.63) is 23.5 Å². The zero-order valence-electron chi connectivity index (χ0n) is 8.92. The van der Waals surface area contributed by atoms with Crippen LogP contribution in [0.15, 0.2) is 17.2 Å². The average molecular weight is 207 g/mol. The Balaban J connectivity index is 2.26. The number of nitrogens with zero attached hydrogens (tertiary/aromatic N) is 1. The minimum absolute atomic E-state index is 0.824. The second kappa shape index (κ2) is 4.35. The molecule has 76 valence electrons. The Morgan fingerprint density at radius 1 is 1.43 bits per heavy atom. The summed E-state index contributed by atoms with van der Waals surface area (Å²) in [5, 5.41) is 0. The summed E-state index contributed by atoms with van der Waals surface area (Å²) in [5.74, 6) is 1.97. The number of hydrogen-bond acceptors (Lipinski definition) is 2. The molecule has 0 atom stereocenters. The van der Waals surface area contributed by atoms with Crippen molar-refractivity contribution in [1.82, 2.24) is 4.98 Å². The fourth-order valence-electron chi connectivity index (χ4n) is 1.67. The maximum absolute atomic E-state index is 4.56.